The van der Waals surface area contributed by atoms with E-state index in [1.807, 2.05) is 50.2 Å². The number of rotatable bonds is 8. The van der Waals surface area contributed by atoms with Crippen molar-refractivity contribution in [3.63, 3.8) is 0 Å². The van der Waals surface area contributed by atoms with Gasteiger partial charge in [0, 0.05) is 17.0 Å². The van der Waals surface area contributed by atoms with Crippen LogP contribution in [0.25, 0.3) is 11.0 Å². The zero-order valence-electron chi connectivity index (χ0n) is 19.1. The fourth-order valence-corrected chi connectivity index (χ4v) is 3.80. The van der Waals surface area contributed by atoms with Gasteiger partial charge >= 0.3 is 0 Å². The molecule has 2 aromatic heterocycles. The van der Waals surface area contributed by atoms with Crippen molar-refractivity contribution >= 4 is 28.5 Å². The minimum atomic E-state index is -0.338. The van der Waals surface area contributed by atoms with Crippen molar-refractivity contribution in [3.05, 3.63) is 77.6 Å². The van der Waals surface area contributed by atoms with Gasteiger partial charge in [-0.05, 0) is 48.6 Å². The van der Waals surface area contributed by atoms with E-state index < -0.39 is 0 Å². The van der Waals surface area contributed by atoms with Crippen molar-refractivity contribution in [2.75, 3.05) is 5.32 Å². The molecule has 34 heavy (non-hydrogen) atoms. The molecule has 0 radical (unpaired) electrons. The average Bonchev–Trinajstić information content (AvgIpc) is 3.39. The second-order valence-electron chi connectivity index (χ2n) is 9.03. The van der Waals surface area contributed by atoms with Crippen LogP contribution in [0, 0.1) is 5.92 Å². The summed E-state index contributed by atoms with van der Waals surface area (Å²) in [6, 6.07) is 16.0. The summed E-state index contributed by atoms with van der Waals surface area (Å²) in [5.41, 5.74) is 2.11. The van der Waals surface area contributed by atoms with Gasteiger partial charge in [0.15, 0.2) is 11.6 Å². The van der Waals surface area contributed by atoms with Gasteiger partial charge in [-0.15, -0.1) is 0 Å². The number of para-hydroxylation sites is 1. The van der Waals surface area contributed by atoms with E-state index in [0.717, 1.165) is 29.6 Å². The maximum atomic E-state index is 12.7. The summed E-state index contributed by atoms with van der Waals surface area (Å²) in [6.07, 6.45) is 2.38. The summed E-state index contributed by atoms with van der Waals surface area (Å²) < 4.78 is 11.0. The molecule has 1 saturated carbocycles. The number of hydrogen-bond donors (Lipinski definition) is 2. The van der Waals surface area contributed by atoms with Crippen LogP contribution in [-0.2, 0) is 11.2 Å². The molecule has 0 spiro atoms. The molecule has 0 bridgehead atoms. The van der Waals surface area contributed by atoms with Gasteiger partial charge in [0.25, 0.3) is 5.91 Å². The average molecular weight is 459 g/mol. The topological polar surface area (TPSA) is 110 Å². The number of fused-ring (bicyclic) bond motifs is 1. The second-order valence-corrected chi connectivity index (χ2v) is 9.03. The molecule has 1 unspecified atom stereocenters. The lowest BCUT2D eigenvalue weighted by atomic mass is 10.0. The Hall–Kier alpha value is -3.94. The molecule has 2 aromatic carbocycles. The Morgan fingerprint density at radius 1 is 1.09 bits per heavy atom. The first kappa shape index (κ1) is 21.9. The van der Waals surface area contributed by atoms with Gasteiger partial charge in [-0.2, -0.15) is 4.98 Å². The van der Waals surface area contributed by atoms with Crippen LogP contribution in [0.5, 0.6) is 0 Å². The molecule has 4 aromatic rings. The molecule has 1 fully saturated rings. The number of hydrogen-bond acceptors (Lipinski definition) is 6. The fourth-order valence-electron chi connectivity index (χ4n) is 3.80. The molecule has 2 N–H and O–H groups in total. The molecule has 8 heteroatoms. The Labute approximate surface area is 196 Å². The highest BCUT2D eigenvalue weighted by Gasteiger charge is 2.31. The minimum Gasteiger partial charge on any atom is -0.451 e. The number of nitrogens with one attached hydrogen (secondary N) is 2. The lowest BCUT2D eigenvalue weighted by molar-refractivity contribution is -0.121. The first-order valence-corrected chi connectivity index (χ1v) is 11.5. The van der Waals surface area contributed by atoms with Crippen LogP contribution in [0.15, 0.2) is 63.5 Å². The number of aromatic nitrogens is 2. The molecule has 2 amide bonds. The summed E-state index contributed by atoms with van der Waals surface area (Å²) in [6.45, 7) is 4.01. The SMILES string of the molecule is CC(C)C(NC(=O)Cc1ccc(NC(=O)c2cc3ccccc3o2)cc1)c1nc(C2CC2)no1. The van der Waals surface area contributed by atoms with Gasteiger partial charge in [0.2, 0.25) is 11.8 Å². The number of carbonyl (C=O) groups is 2. The number of nitrogens with zero attached hydrogens (tertiary/aromatic N) is 2. The van der Waals surface area contributed by atoms with Crippen molar-refractivity contribution < 1.29 is 18.5 Å². The summed E-state index contributed by atoms with van der Waals surface area (Å²) in [7, 11) is 0. The minimum absolute atomic E-state index is 0.104. The summed E-state index contributed by atoms with van der Waals surface area (Å²) in [5.74, 6) is 1.47. The van der Waals surface area contributed by atoms with E-state index in [-0.39, 0.29) is 36.0 Å². The van der Waals surface area contributed by atoms with Gasteiger partial charge in [-0.3, -0.25) is 9.59 Å². The van der Waals surface area contributed by atoms with Gasteiger partial charge in [-0.1, -0.05) is 49.3 Å². The maximum absolute atomic E-state index is 12.7. The third-order valence-electron chi connectivity index (χ3n) is 5.87. The zero-order chi connectivity index (χ0) is 23.7. The molecule has 1 aliphatic carbocycles. The number of benzene rings is 2. The van der Waals surface area contributed by atoms with Crippen molar-refractivity contribution in [1.29, 1.82) is 0 Å². The quantitative estimate of drug-likeness (QED) is 0.384. The largest absolute Gasteiger partial charge is 0.451 e. The number of furan rings is 1. The second kappa shape index (κ2) is 9.13. The Balaban J connectivity index is 1.19. The Bertz CT molecular complexity index is 1290. The van der Waals surface area contributed by atoms with Crippen LogP contribution in [-0.4, -0.2) is 22.0 Å². The third-order valence-corrected chi connectivity index (χ3v) is 5.87. The van der Waals surface area contributed by atoms with Gasteiger partial charge in [0.05, 0.1) is 6.42 Å². The molecule has 1 atom stereocenters. The predicted molar refractivity (Wildman–Crippen MR) is 126 cm³/mol. The highest BCUT2D eigenvalue weighted by atomic mass is 16.5. The van der Waals surface area contributed by atoms with Crippen LogP contribution in [0.4, 0.5) is 5.69 Å². The van der Waals surface area contributed by atoms with E-state index in [2.05, 4.69) is 20.8 Å². The van der Waals surface area contributed by atoms with Gasteiger partial charge in [-0.25, -0.2) is 0 Å². The van der Waals surface area contributed by atoms with E-state index in [4.69, 9.17) is 8.94 Å². The molecular formula is C26H26N4O4. The Morgan fingerprint density at radius 2 is 1.85 bits per heavy atom. The van der Waals surface area contributed by atoms with Crippen molar-refractivity contribution in [2.45, 2.75) is 45.1 Å². The van der Waals surface area contributed by atoms with Crippen LogP contribution in [0.3, 0.4) is 0 Å². The first-order valence-electron chi connectivity index (χ1n) is 11.5. The lowest BCUT2D eigenvalue weighted by Crippen LogP contribution is -2.33. The molecule has 8 nitrogen and oxygen atoms in total. The number of amides is 2. The summed E-state index contributed by atoms with van der Waals surface area (Å²) in [5, 5.41) is 10.8. The zero-order valence-corrected chi connectivity index (χ0v) is 19.1. The van der Waals surface area contributed by atoms with Gasteiger partial charge in [0.1, 0.15) is 11.6 Å². The molecule has 5 rings (SSSR count). The fraction of sp³-hybridized carbons (Fsp3) is 0.308. The van der Waals surface area contributed by atoms with Crippen molar-refractivity contribution in [1.82, 2.24) is 15.5 Å². The van der Waals surface area contributed by atoms with E-state index in [0.29, 0.717) is 23.1 Å². The van der Waals surface area contributed by atoms with Crippen LogP contribution < -0.4 is 10.6 Å². The lowest BCUT2D eigenvalue weighted by Gasteiger charge is -2.18. The molecule has 2 heterocycles. The van der Waals surface area contributed by atoms with E-state index in [1.165, 1.54) is 0 Å². The van der Waals surface area contributed by atoms with Crippen LogP contribution >= 0.6 is 0 Å². The Morgan fingerprint density at radius 3 is 2.56 bits per heavy atom. The molecule has 174 valence electrons. The van der Waals surface area contributed by atoms with Crippen molar-refractivity contribution in [3.8, 4) is 0 Å². The monoisotopic (exact) mass is 458 g/mol. The highest BCUT2D eigenvalue weighted by molar-refractivity contribution is 6.04. The number of anilines is 1. The standard InChI is InChI=1S/C26H26N4O4/c1-15(2)23(26-29-24(30-34-26)17-9-10-17)28-22(31)13-16-7-11-19(12-8-16)27-25(32)21-14-18-5-3-4-6-20(18)33-21/h3-8,11-12,14-15,17,23H,9-10,13H2,1-2H3,(H,27,32)(H,28,31). The predicted octanol–water partition coefficient (Wildman–Crippen LogP) is 5.00. The first-order chi connectivity index (χ1) is 16.5. The third kappa shape index (κ3) is 4.85. The normalized spacial score (nSPS) is 14.3. The van der Waals surface area contributed by atoms with Crippen molar-refractivity contribution in [2.24, 2.45) is 5.92 Å². The highest BCUT2D eigenvalue weighted by Crippen LogP contribution is 2.38. The summed E-state index contributed by atoms with van der Waals surface area (Å²) in [4.78, 5) is 29.7. The van der Waals surface area contributed by atoms with Crippen LogP contribution in [0.2, 0.25) is 0 Å². The van der Waals surface area contributed by atoms with E-state index >= 15 is 0 Å². The molecule has 0 saturated heterocycles. The number of carbonyl (C=O) groups excluding carboxylic acids is 2. The van der Waals surface area contributed by atoms with Gasteiger partial charge < -0.3 is 19.6 Å². The van der Waals surface area contributed by atoms with Crippen LogP contribution in [0.1, 0.15) is 66.5 Å². The molecular weight excluding hydrogens is 432 g/mol. The van der Waals surface area contributed by atoms with E-state index in [1.54, 1.807) is 18.2 Å². The molecule has 1 aliphatic rings. The summed E-state index contributed by atoms with van der Waals surface area (Å²) >= 11 is 0. The Kier molecular flexibility index (Phi) is 5.88. The molecule has 0 aliphatic heterocycles. The van der Waals surface area contributed by atoms with E-state index in [9.17, 15) is 9.59 Å². The maximum Gasteiger partial charge on any atom is 0.291 e. The smallest absolute Gasteiger partial charge is 0.291 e.